The molecule has 0 aliphatic carbocycles. The van der Waals surface area contributed by atoms with Crippen LogP contribution in [-0.4, -0.2) is 24.5 Å². The van der Waals surface area contributed by atoms with Gasteiger partial charge in [0, 0.05) is 23.6 Å². The highest BCUT2D eigenvalue weighted by molar-refractivity contribution is 5.83. The van der Waals surface area contributed by atoms with Gasteiger partial charge in [0.2, 0.25) is 0 Å². The van der Waals surface area contributed by atoms with Crippen LogP contribution in [-0.2, 0) is 13.0 Å². The Morgan fingerprint density at radius 2 is 2.05 bits per heavy atom. The van der Waals surface area contributed by atoms with Crippen LogP contribution in [0.25, 0.3) is 22.1 Å². The van der Waals surface area contributed by atoms with E-state index in [4.69, 9.17) is 5.73 Å². The third-order valence-corrected chi connectivity index (χ3v) is 3.73. The van der Waals surface area contributed by atoms with E-state index < -0.39 is 0 Å². The summed E-state index contributed by atoms with van der Waals surface area (Å²) in [7, 11) is 0. The van der Waals surface area contributed by atoms with Crippen molar-refractivity contribution in [2.75, 3.05) is 5.73 Å². The van der Waals surface area contributed by atoms with Crippen LogP contribution in [0.2, 0.25) is 0 Å². The molecule has 21 heavy (non-hydrogen) atoms. The average molecular weight is 278 g/mol. The third-order valence-electron chi connectivity index (χ3n) is 3.73. The van der Waals surface area contributed by atoms with E-state index in [1.54, 1.807) is 6.33 Å². The summed E-state index contributed by atoms with van der Waals surface area (Å²) >= 11 is 0. The fourth-order valence-electron chi connectivity index (χ4n) is 2.64. The maximum Gasteiger partial charge on any atom is 0.165 e. The maximum atomic E-state index is 5.80. The number of fused-ring (bicyclic) bond motifs is 2. The Kier molecular flexibility index (Phi) is 2.60. The lowest BCUT2D eigenvalue weighted by Gasteiger charge is -2.03. The van der Waals surface area contributed by atoms with Gasteiger partial charge in [0.15, 0.2) is 11.5 Å². The summed E-state index contributed by atoms with van der Waals surface area (Å²) in [5.41, 5.74) is 9.69. The second-order valence-electron chi connectivity index (χ2n) is 4.98. The molecule has 4 rings (SSSR count). The van der Waals surface area contributed by atoms with Crippen molar-refractivity contribution in [2.24, 2.45) is 0 Å². The molecule has 0 atom stereocenters. The molecule has 3 heterocycles. The topological polar surface area (TPSA) is 85.4 Å². The zero-order valence-electron chi connectivity index (χ0n) is 11.3. The van der Waals surface area contributed by atoms with Gasteiger partial charge in [0.25, 0.3) is 0 Å². The number of nitrogens with two attached hydrogens (primary N) is 1. The molecule has 0 amide bonds. The Labute approximate surface area is 120 Å². The largest absolute Gasteiger partial charge is 0.382 e. The predicted octanol–water partition coefficient (Wildman–Crippen LogP) is 2.13. The van der Waals surface area contributed by atoms with Gasteiger partial charge >= 0.3 is 0 Å². The smallest absolute Gasteiger partial charge is 0.165 e. The van der Waals surface area contributed by atoms with Crippen LogP contribution in [0.1, 0.15) is 5.56 Å². The van der Waals surface area contributed by atoms with Gasteiger partial charge in [-0.2, -0.15) is 0 Å². The number of anilines is 1. The molecule has 4 aromatic rings. The van der Waals surface area contributed by atoms with Crippen molar-refractivity contribution in [1.29, 1.82) is 0 Å². The number of benzene rings is 1. The van der Waals surface area contributed by atoms with Crippen molar-refractivity contribution in [3.8, 4) is 0 Å². The number of aromatic nitrogens is 5. The van der Waals surface area contributed by atoms with E-state index in [1.165, 1.54) is 17.3 Å². The van der Waals surface area contributed by atoms with Gasteiger partial charge in [0.1, 0.15) is 11.8 Å². The quantitative estimate of drug-likeness (QED) is 0.601. The first-order chi connectivity index (χ1) is 10.3. The van der Waals surface area contributed by atoms with Crippen molar-refractivity contribution in [2.45, 2.75) is 13.0 Å². The zero-order valence-corrected chi connectivity index (χ0v) is 11.3. The molecule has 6 nitrogen and oxygen atoms in total. The Morgan fingerprint density at radius 3 is 3.00 bits per heavy atom. The molecule has 1 aromatic carbocycles. The molecule has 0 fully saturated rings. The number of H-pyrrole nitrogens is 1. The third kappa shape index (κ3) is 1.92. The second kappa shape index (κ2) is 4.59. The van der Waals surface area contributed by atoms with Crippen molar-refractivity contribution < 1.29 is 0 Å². The minimum atomic E-state index is 0.422. The lowest BCUT2D eigenvalue weighted by molar-refractivity contribution is 0.711. The molecule has 0 saturated heterocycles. The van der Waals surface area contributed by atoms with Gasteiger partial charge in [-0.25, -0.2) is 15.0 Å². The summed E-state index contributed by atoms with van der Waals surface area (Å²) in [5.74, 6) is 0.422. The van der Waals surface area contributed by atoms with E-state index in [2.05, 4.69) is 44.3 Å². The summed E-state index contributed by atoms with van der Waals surface area (Å²) in [5, 5.41) is 1.26. The van der Waals surface area contributed by atoms with Gasteiger partial charge < -0.3 is 15.3 Å². The molecular formula is C15H14N6. The first-order valence-electron chi connectivity index (χ1n) is 6.79. The molecule has 3 aromatic heterocycles. The van der Waals surface area contributed by atoms with Crippen LogP contribution < -0.4 is 5.73 Å². The van der Waals surface area contributed by atoms with Crippen LogP contribution in [0.15, 0.2) is 43.1 Å². The van der Waals surface area contributed by atoms with Gasteiger partial charge in [-0.3, -0.25) is 0 Å². The Hall–Kier alpha value is -2.89. The van der Waals surface area contributed by atoms with Crippen molar-refractivity contribution >= 4 is 27.9 Å². The van der Waals surface area contributed by atoms with Crippen LogP contribution in [0, 0.1) is 0 Å². The molecule has 104 valence electrons. The van der Waals surface area contributed by atoms with E-state index in [0.717, 1.165) is 24.1 Å². The highest BCUT2D eigenvalue weighted by Gasteiger charge is 2.09. The summed E-state index contributed by atoms with van der Waals surface area (Å²) in [6.45, 7) is 0.800. The highest BCUT2D eigenvalue weighted by Crippen LogP contribution is 2.20. The maximum absolute atomic E-state index is 5.80. The lowest BCUT2D eigenvalue weighted by Crippen LogP contribution is -2.01. The number of rotatable bonds is 3. The number of aryl methyl sites for hydroxylation is 2. The number of hydrogen-bond donors (Lipinski definition) is 2. The number of nitrogens with zero attached hydrogens (tertiary/aromatic N) is 4. The first-order valence-corrected chi connectivity index (χ1v) is 6.79. The molecule has 0 saturated carbocycles. The number of para-hydroxylation sites is 1. The molecule has 0 unspecified atom stereocenters. The summed E-state index contributed by atoms with van der Waals surface area (Å²) in [4.78, 5) is 15.8. The highest BCUT2D eigenvalue weighted by atomic mass is 15.1. The number of imidazole rings is 1. The molecule has 0 aliphatic heterocycles. The number of aromatic amines is 1. The fraction of sp³-hybridized carbons (Fsp3) is 0.133. The Bertz CT molecular complexity index is 920. The van der Waals surface area contributed by atoms with Crippen molar-refractivity contribution in [1.82, 2.24) is 24.5 Å². The number of nitrogen functional groups attached to an aromatic ring is 1. The normalized spacial score (nSPS) is 11.4. The molecule has 0 spiro atoms. The molecular weight excluding hydrogens is 264 g/mol. The summed E-state index contributed by atoms with van der Waals surface area (Å²) in [6.07, 6.45) is 6.21. The van der Waals surface area contributed by atoms with E-state index in [9.17, 15) is 0 Å². The molecule has 0 aliphatic rings. The van der Waals surface area contributed by atoms with Gasteiger partial charge in [0.05, 0.1) is 6.33 Å². The molecule has 0 bridgehead atoms. The van der Waals surface area contributed by atoms with Crippen LogP contribution in [0.3, 0.4) is 0 Å². The molecule has 3 N–H and O–H groups in total. The van der Waals surface area contributed by atoms with Gasteiger partial charge in [-0.05, 0) is 18.1 Å². The number of nitrogens with one attached hydrogen (secondary N) is 1. The van der Waals surface area contributed by atoms with Gasteiger partial charge in [-0.15, -0.1) is 0 Å². The van der Waals surface area contributed by atoms with Crippen LogP contribution in [0.4, 0.5) is 5.82 Å². The molecule has 6 heteroatoms. The lowest BCUT2D eigenvalue weighted by atomic mass is 10.1. The zero-order chi connectivity index (χ0) is 14.2. The SMILES string of the molecule is Nc1ncnc2c1ncn2CCc1c[nH]c2ccccc12. The number of hydrogen-bond acceptors (Lipinski definition) is 4. The summed E-state index contributed by atoms with van der Waals surface area (Å²) < 4.78 is 2.01. The standard InChI is InChI=1S/C15H14N6/c16-14-13-15(19-8-18-14)21(9-20-13)6-5-10-7-17-12-4-2-1-3-11(10)12/h1-4,7-9,17H,5-6H2,(H2,16,18,19). The minimum absolute atomic E-state index is 0.422. The van der Waals surface area contributed by atoms with Crippen LogP contribution >= 0.6 is 0 Å². The Morgan fingerprint density at radius 1 is 1.14 bits per heavy atom. The monoisotopic (exact) mass is 278 g/mol. The molecule has 0 radical (unpaired) electrons. The summed E-state index contributed by atoms with van der Waals surface area (Å²) in [6, 6.07) is 8.30. The van der Waals surface area contributed by atoms with E-state index in [-0.39, 0.29) is 0 Å². The van der Waals surface area contributed by atoms with Crippen molar-refractivity contribution in [3.63, 3.8) is 0 Å². The Balaban J connectivity index is 1.65. The first kappa shape index (κ1) is 11.9. The second-order valence-corrected chi connectivity index (χ2v) is 4.98. The van der Waals surface area contributed by atoms with Crippen molar-refractivity contribution in [3.05, 3.63) is 48.7 Å². The minimum Gasteiger partial charge on any atom is -0.382 e. The van der Waals surface area contributed by atoms with Gasteiger partial charge in [-0.1, -0.05) is 18.2 Å². The van der Waals surface area contributed by atoms with E-state index in [0.29, 0.717) is 11.3 Å². The van der Waals surface area contributed by atoms with E-state index >= 15 is 0 Å². The van der Waals surface area contributed by atoms with Crippen LogP contribution in [0.5, 0.6) is 0 Å². The fourth-order valence-corrected chi connectivity index (χ4v) is 2.64. The van der Waals surface area contributed by atoms with E-state index in [1.807, 2.05) is 10.6 Å². The predicted molar refractivity (Wildman–Crippen MR) is 81.7 cm³/mol. The average Bonchev–Trinajstić information content (AvgIpc) is 3.10.